The third kappa shape index (κ3) is 2.80. The zero-order chi connectivity index (χ0) is 19.1. The molecule has 3 aromatic carbocycles. The second kappa shape index (κ2) is 6.87. The SMILES string of the molecule is C=C(C)COc1cccc2c1NC(c1cccc3ccccc13)C1CC=CC21. The molecule has 1 aliphatic carbocycles. The van der Waals surface area contributed by atoms with Gasteiger partial charge in [0.1, 0.15) is 12.4 Å². The van der Waals surface area contributed by atoms with Crippen molar-refractivity contribution in [2.24, 2.45) is 5.92 Å². The van der Waals surface area contributed by atoms with Gasteiger partial charge in [0.15, 0.2) is 0 Å². The first-order valence-corrected chi connectivity index (χ1v) is 10.0. The number of allylic oxidation sites excluding steroid dienone is 2. The van der Waals surface area contributed by atoms with E-state index in [0.717, 1.165) is 23.4 Å². The quantitative estimate of drug-likeness (QED) is 0.523. The van der Waals surface area contributed by atoms with E-state index < -0.39 is 0 Å². The second-order valence-corrected chi connectivity index (χ2v) is 8.01. The topological polar surface area (TPSA) is 21.3 Å². The lowest BCUT2D eigenvalue weighted by molar-refractivity contribution is 0.348. The van der Waals surface area contributed by atoms with E-state index in [1.54, 1.807) is 0 Å². The largest absolute Gasteiger partial charge is 0.487 e. The number of rotatable bonds is 4. The highest BCUT2D eigenvalue weighted by atomic mass is 16.5. The van der Waals surface area contributed by atoms with Crippen LogP contribution in [0.25, 0.3) is 10.8 Å². The first-order valence-electron chi connectivity index (χ1n) is 10.0. The maximum Gasteiger partial charge on any atom is 0.143 e. The fourth-order valence-corrected chi connectivity index (χ4v) is 4.74. The Morgan fingerprint density at radius 2 is 1.82 bits per heavy atom. The normalized spacial score (nSPS) is 22.4. The standard InChI is InChI=1S/C26H25NO/c1-17(2)16-28-24-15-7-14-23-20-11-6-13-22(20)25(27-26(23)24)21-12-5-9-18-8-3-4-10-19(18)21/h3-12,14-15,20,22,25,27H,1,13,16H2,2H3. The van der Waals surface area contributed by atoms with E-state index in [-0.39, 0.29) is 6.04 Å². The summed E-state index contributed by atoms with van der Waals surface area (Å²) in [5.74, 6) is 1.87. The minimum absolute atomic E-state index is 0.258. The summed E-state index contributed by atoms with van der Waals surface area (Å²) in [4.78, 5) is 0. The fourth-order valence-electron chi connectivity index (χ4n) is 4.74. The van der Waals surface area contributed by atoms with Gasteiger partial charge in [-0.05, 0) is 52.8 Å². The molecule has 2 heteroatoms. The highest BCUT2D eigenvalue weighted by Gasteiger charge is 2.39. The summed E-state index contributed by atoms with van der Waals surface area (Å²) < 4.78 is 6.10. The van der Waals surface area contributed by atoms with E-state index in [4.69, 9.17) is 4.74 Å². The van der Waals surface area contributed by atoms with E-state index in [1.165, 1.54) is 21.9 Å². The highest BCUT2D eigenvalue weighted by molar-refractivity contribution is 5.87. The predicted molar refractivity (Wildman–Crippen MR) is 117 cm³/mol. The Labute approximate surface area is 166 Å². The van der Waals surface area contributed by atoms with Crippen LogP contribution in [0.1, 0.15) is 36.4 Å². The molecule has 2 aliphatic rings. The number of ether oxygens (including phenoxy) is 1. The fraction of sp³-hybridized carbons (Fsp3) is 0.231. The molecule has 0 fully saturated rings. The van der Waals surface area contributed by atoms with Crippen molar-refractivity contribution in [1.29, 1.82) is 0 Å². The van der Waals surface area contributed by atoms with Crippen molar-refractivity contribution >= 4 is 16.5 Å². The first kappa shape index (κ1) is 17.1. The van der Waals surface area contributed by atoms with Gasteiger partial charge >= 0.3 is 0 Å². The minimum atomic E-state index is 0.258. The van der Waals surface area contributed by atoms with Crippen LogP contribution in [0.5, 0.6) is 5.75 Å². The van der Waals surface area contributed by atoms with E-state index in [0.29, 0.717) is 18.4 Å². The van der Waals surface area contributed by atoms with Crippen LogP contribution in [-0.2, 0) is 0 Å². The molecule has 1 aliphatic heterocycles. The first-order chi connectivity index (χ1) is 13.7. The van der Waals surface area contributed by atoms with E-state index in [9.17, 15) is 0 Å². The summed E-state index contributed by atoms with van der Waals surface area (Å²) >= 11 is 0. The van der Waals surface area contributed by atoms with Crippen molar-refractivity contribution in [1.82, 2.24) is 0 Å². The van der Waals surface area contributed by atoms with Crippen LogP contribution in [0.15, 0.2) is 85.0 Å². The Hall–Kier alpha value is -3.00. The average Bonchev–Trinajstić information content (AvgIpc) is 3.21. The van der Waals surface area contributed by atoms with Gasteiger partial charge in [-0.1, -0.05) is 73.3 Å². The van der Waals surface area contributed by atoms with Crippen LogP contribution >= 0.6 is 0 Å². The van der Waals surface area contributed by atoms with Crippen molar-refractivity contribution in [3.63, 3.8) is 0 Å². The number of fused-ring (bicyclic) bond motifs is 4. The van der Waals surface area contributed by atoms with Crippen molar-refractivity contribution in [3.8, 4) is 5.75 Å². The molecule has 3 atom stereocenters. The summed E-state index contributed by atoms with van der Waals surface area (Å²) in [6.45, 7) is 6.52. The lowest BCUT2D eigenvalue weighted by Crippen LogP contribution is -2.29. The molecule has 0 bridgehead atoms. The highest BCUT2D eigenvalue weighted by Crippen LogP contribution is 2.52. The molecule has 3 aromatic rings. The Bertz CT molecular complexity index is 1080. The molecule has 0 aromatic heterocycles. The number of benzene rings is 3. The maximum atomic E-state index is 6.10. The molecule has 1 heterocycles. The van der Waals surface area contributed by atoms with Gasteiger partial charge in [0.25, 0.3) is 0 Å². The molecule has 0 radical (unpaired) electrons. The van der Waals surface area contributed by atoms with E-state index in [1.807, 2.05) is 6.92 Å². The Balaban J connectivity index is 1.62. The monoisotopic (exact) mass is 367 g/mol. The summed E-state index contributed by atoms with van der Waals surface area (Å²) in [5, 5.41) is 6.50. The van der Waals surface area contributed by atoms with E-state index in [2.05, 4.69) is 84.7 Å². The van der Waals surface area contributed by atoms with Gasteiger partial charge in [-0.15, -0.1) is 0 Å². The zero-order valence-electron chi connectivity index (χ0n) is 16.2. The second-order valence-electron chi connectivity index (χ2n) is 8.01. The van der Waals surface area contributed by atoms with Crippen molar-refractivity contribution in [3.05, 3.63) is 96.1 Å². The summed E-state index contributed by atoms with van der Waals surface area (Å²) in [6.07, 6.45) is 5.82. The summed E-state index contributed by atoms with van der Waals surface area (Å²) in [5.41, 5.74) is 4.87. The molecule has 0 saturated heterocycles. The smallest absolute Gasteiger partial charge is 0.143 e. The lowest BCUT2D eigenvalue weighted by Gasteiger charge is -2.38. The zero-order valence-corrected chi connectivity index (χ0v) is 16.2. The van der Waals surface area contributed by atoms with Gasteiger partial charge in [0, 0.05) is 5.92 Å². The van der Waals surface area contributed by atoms with Gasteiger partial charge < -0.3 is 10.1 Å². The Morgan fingerprint density at radius 3 is 2.71 bits per heavy atom. The van der Waals surface area contributed by atoms with Gasteiger partial charge in [-0.25, -0.2) is 0 Å². The van der Waals surface area contributed by atoms with Gasteiger partial charge in [-0.2, -0.15) is 0 Å². The molecule has 28 heavy (non-hydrogen) atoms. The molecule has 140 valence electrons. The molecule has 0 amide bonds. The van der Waals surface area contributed by atoms with Crippen molar-refractivity contribution in [2.75, 3.05) is 11.9 Å². The van der Waals surface area contributed by atoms with Crippen LogP contribution < -0.4 is 10.1 Å². The molecule has 5 rings (SSSR count). The van der Waals surface area contributed by atoms with Crippen molar-refractivity contribution in [2.45, 2.75) is 25.3 Å². The van der Waals surface area contributed by atoms with Crippen LogP contribution in [0.3, 0.4) is 0 Å². The summed E-state index contributed by atoms with van der Waals surface area (Å²) in [7, 11) is 0. The molecule has 1 N–H and O–H groups in total. The number of para-hydroxylation sites is 1. The summed E-state index contributed by atoms with van der Waals surface area (Å²) in [6, 6.07) is 22.0. The van der Waals surface area contributed by atoms with Crippen LogP contribution in [0.4, 0.5) is 5.69 Å². The Morgan fingerprint density at radius 1 is 1.04 bits per heavy atom. The number of hydrogen-bond donors (Lipinski definition) is 1. The average molecular weight is 367 g/mol. The number of hydrogen-bond acceptors (Lipinski definition) is 2. The van der Waals surface area contributed by atoms with E-state index >= 15 is 0 Å². The predicted octanol–water partition coefficient (Wildman–Crippen LogP) is 6.62. The van der Waals surface area contributed by atoms with Crippen molar-refractivity contribution < 1.29 is 4.74 Å². The van der Waals surface area contributed by atoms with Gasteiger partial charge in [-0.3, -0.25) is 0 Å². The molecular weight excluding hydrogens is 342 g/mol. The molecule has 3 unspecified atom stereocenters. The number of nitrogens with one attached hydrogen (secondary N) is 1. The van der Waals surface area contributed by atoms with Crippen LogP contribution in [-0.4, -0.2) is 6.61 Å². The molecule has 0 saturated carbocycles. The molecule has 2 nitrogen and oxygen atoms in total. The number of anilines is 1. The minimum Gasteiger partial charge on any atom is -0.487 e. The van der Waals surface area contributed by atoms with Gasteiger partial charge in [0.2, 0.25) is 0 Å². The Kier molecular flexibility index (Phi) is 4.20. The molecular formula is C26H25NO. The maximum absolute atomic E-state index is 6.10. The lowest BCUT2D eigenvalue weighted by atomic mass is 9.76. The third-order valence-electron chi connectivity index (χ3n) is 5.99. The third-order valence-corrected chi connectivity index (χ3v) is 5.99. The van der Waals surface area contributed by atoms with Crippen LogP contribution in [0.2, 0.25) is 0 Å². The van der Waals surface area contributed by atoms with Gasteiger partial charge in [0.05, 0.1) is 11.7 Å². The molecule has 0 spiro atoms. The van der Waals surface area contributed by atoms with Crippen LogP contribution in [0, 0.1) is 5.92 Å².